The summed E-state index contributed by atoms with van der Waals surface area (Å²) >= 11 is 0. The van der Waals surface area contributed by atoms with E-state index in [1.807, 2.05) is 0 Å². The molecule has 2 heterocycles. The van der Waals surface area contributed by atoms with Gasteiger partial charge in [-0.15, -0.1) is 10.2 Å². The monoisotopic (exact) mass is 334 g/mol. The van der Waals surface area contributed by atoms with Gasteiger partial charge in [0.2, 0.25) is 5.89 Å². The van der Waals surface area contributed by atoms with Crippen LogP contribution in [0.15, 0.2) is 28.7 Å². The van der Waals surface area contributed by atoms with Gasteiger partial charge in [0.25, 0.3) is 0 Å². The molecule has 1 fully saturated rings. The lowest BCUT2D eigenvalue weighted by Gasteiger charge is -2.26. The summed E-state index contributed by atoms with van der Waals surface area (Å²) in [5.74, 6) is -0.431. The number of ether oxygens (including phenoxy) is 1. The lowest BCUT2D eigenvalue weighted by atomic mass is 10.1. The Kier molecular flexibility index (Phi) is 5.50. The van der Waals surface area contributed by atoms with Gasteiger partial charge in [0.15, 0.2) is 0 Å². The Morgan fingerprint density at radius 1 is 1.21 bits per heavy atom. The lowest BCUT2D eigenvalue weighted by Crippen LogP contribution is -2.41. The third kappa shape index (κ3) is 4.59. The summed E-state index contributed by atoms with van der Waals surface area (Å²) in [5, 5.41) is 10.4. The lowest BCUT2D eigenvalue weighted by molar-refractivity contribution is 0.0382. The molecule has 0 atom stereocenters. The van der Waals surface area contributed by atoms with Crippen molar-refractivity contribution < 1.29 is 18.3 Å². The van der Waals surface area contributed by atoms with Gasteiger partial charge in [0.1, 0.15) is 5.82 Å². The average Bonchev–Trinajstić information content (AvgIpc) is 3.06. The number of benzene rings is 1. The van der Waals surface area contributed by atoms with E-state index in [4.69, 9.17) is 9.15 Å². The van der Waals surface area contributed by atoms with Gasteiger partial charge in [-0.2, -0.15) is 0 Å². The van der Waals surface area contributed by atoms with Crippen LogP contribution in [0.1, 0.15) is 22.1 Å². The maximum atomic E-state index is 12.9. The van der Waals surface area contributed by atoms with Crippen LogP contribution in [0.3, 0.4) is 0 Å². The molecule has 1 aliphatic rings. The molecule has 1 amide bonds. The molecule has 0 bridgehead atoms. The van der Waals surface area contributed by atoms with Gasteiger partial charge in [-0.05, 0) is 17.7 Å². The molecule has 1 aromatic carbocycles. The predicted octanol–water partition coefficient (Wildman–Crippen LogP) is 0.862. The quantitative estimate of drug-likeness (QED) is 0.844. The summed E-state index contributed by atoms with van der Waals surface area (Å²) in [6, 6.07) is 6.01. The van der Waals surface area contributed by atoms with Crippen molar-refractivity contribution in [1.82, 2.24) is 20.4 Å². The van der Waals surface area contributed by atoms with Crippen molar-refractivity contribution in [1.29, 1.82) is 0 Å². The van der Waals surface area contributed by atoms with Gasteiger partial charge in [0, 0.05) is 26.2 Å². The highest BCUT2D eigenvalue weighted by atomic mass is 19.1. The summed E-state index contributed by atoms with van der Waals surface area (Å²) < 4.78 is 23.5. The summed E-state index contributed by atoms with van der Waals surface area (Å²) in [6.07, 6.45) is 0.355. The molecule has 0 spiro atoms. The summed E-state index contributed by atoms with van der Waals surface area (Å²) in [5.41, 5.74) is 0.833. The number of nitrogens with one attached hydrogen (secondary N) is 1. The molecule has 0 unspecified atom stereocenters. The minimum absolute atomic E-state index is 0.0610. The van der Waals surface area contributed by atoms with E-state index in [-0.39, 0.29) is 17.6 Å². The Labute approximate surface area is 138 Å². The second kappa shape index (κ2) is 7.98. The van der Waals surface area contributed by atoms with E-state index < -0.39 is 0 Å². The first-order valence-corrected chi connectivity index (χ1v) is 7.86. The molecule has 1 aromatic heterocycles. The Bertz CT molecular complexity index is 668. The molecule has 24 heavy (non-hydrogen) atoms. The van der Waals surface area contributed by atoms with Crippen molar-refractivity contribution in [2.75, 3.05) is 39.4 Å². The van der Waals surface area contributed by atoms with Crippen molar-refractivity contribution in [2.24, 2.45) is 0 Å². The highest BCUT2D eigenvalue weighted by Crippen LogP contribution is 2.09. The third-order valence-electron chi connectivity index (χ3n) is 3.75. The van der Waals surface area contributed by atoms with Gasteiger partial charge in [-0.1, -0.05) is 12.1 Å². The number of morpholine rings is 1. The number of hydrogen-bond acceptors (Lipinski definition) is 6. The van der Waals surface area contributed by atoms with Gasteiger partial charge in [0.05, 0.1) is 19.6 Å². The molecule has 3 rings (SSSR count). The Morgan fingerprint density at radius 2 is 1.96 bits per heavy atom. The molecule has 1 aliphatic heterocycles. The molecule has 0 aliphatic carbocycles. The molecular weight excluding hydrogens is 315 g/mol. The first kappa shape index (κ1) is 16.5. The van der Waals surface area contributed by atoms with E-state index in [0.29, 0.717) is 18.9 Å². The number of carbonyl (C=O) groups is 1. The largest absolute Gasteiger partial charge is 0.417 e. The molecular formula is C16H19FN4O3. The van der Waals surface area contributed by atoms with Crippen molar-refractivity contribution in [3.05, 3.63) is 47.4 Å². The van der Waals surface area contributed by atoms with Crippen LogP contribution in [0.5, 0.6) is 0 Å². The average molecular weight is 334 g/mol. The summed E-state index contributed by atoms with van der Waals surface area (Å²) in [7, 11) is 0. The van der Waals surface area contributed by atoms with E-state index in [2.05, 4.69) is 20.4 Å². The van der Waals surface area contributed by atoms with Crippen LogP contribution in [-0.4, -0.2) is 60.4 Å². The second-order valence-corrected chi connectivity index (χ2v) is 5.51. The molecule has 1 N–H and O–H groups in total. The van der Waals surface area contributed by atoms with Crippen LogP contribution in [0.4, 0.5) is 4.39 Å². The molecule has 7 nitrogen and oxygen atoms in total. The smallest absolute Gasteiger partial charge is 0.308 e. The van der Waals surface area contributed by atoms with Gasteiger partial charge >= 0.3 is 11.8 Å². The van der Waals surface area contributed by atoms with E-state index in [1.54, 1.807) is 12.1 Å². The minimum atomic E-state index is -0.388. The van der Waals surface area contributed by atoms with Gasteiger partial charge in [-0.25, -0.2) is 4.39 Å². The van der Waals surface area contributed by atoms with Crippen molar-refractivity contribution in [2.45, 2.75) is 6.42 Å². The third-order valence-corrected chi connectivity index (χ3v) is 3.75. The van der Waals surface area contributed by atoms with Gasteiger partial charge in [-0.3, -0.25) is 9.69 Å². The van der Waals surface area contributed by atoms with Crippen molar-refractivity contribution in [3.8, 4) is 0 Å². The zero-order chi connectivity index (χ0) is 16.8. The van der Waals surface area contributed by atoms with E-state index >= 15 is 0 Å². The fourth-order valence-electron chi connectivity index (χ4n) is 2.42. The van der Waals surface area contributed by atoms with E-state index in [1.165, 1.54) is 12.1 Å². The Hall–Kier alpha value is -2.32. The van der Waals surface area contributed by atoms with Crippen molar-refractivity contribution >= 4 is 5.91 Å². The zero-order valence-corrected chi connectivity index (χ0v) is 13.2. The highest BCUT2D eigenvalue weighted by Gasteiger charge is 2.16. The highest BCUT2D eigenvalue weighted by molar-refractivity contribution is 5.89. The molecule has 0 saturated carbocycles. The predicted molar refractivity (Wildman–Crippen MR) is 83.1 cm³/mol. The maximum absolute atomic E-state index is 12.9. The Balaban J connectivity index is 1.47. The van der Waals surface area contributed by atoms with Gasteiger partial charge < -0.3 is 14.5 Å². The fraction of sp³-hybridized carbons (Fsp3) is 0.438. The van der Waals surface area contributed by atoms with Crippen LogP contribution in [0, 0.1) is 5.82 Å². The molecule has 1 saturated heterocycles. The first-order valence-electron chi connectivity index (χ1n) is 7.86. The van der Waals surface area contributed by atoms with Crippen LogP contribution >= 0.6 is 0 Å². The number of carbonyl (C=O) groups excluding carboxylic acids is 1. The van der Waals surface area contributed by atoms with Crippen LogP contribution in [0.2, 0.25) is 0 Å². The number of rotatable bonds is 6. The van der Waals surface area contributed by atoms with E-state index in [9.17, 15) is 9.18 Å². The van der Waals surface area contributed by atoms with Crippen LogP contribution < -0.4 is 5.32 Å². The summed E-state index contributed by atoms with van der Waals surface area (Å²) in [6.45, 7) is 4.46. The normalized spacial score (nSPS) is 15.4. The maximum Gasteiger partial charge on any atom is 0.308 e. The Morgan fingerprint density at radius 3 is 2.71 bits per heavy atom. The topological polar surface area (TPSA) is 80.5 Å². The second-order valence-electron chi connectivity index (χ2n) is 5.51. The van der Waals surface area contributed by atoms with Crippen LogP contribution in [0.25, 0.3) is 0 Å². The molecule has 2 aromatic rings. The zero-order valence-electron chi connectivity index (χ0n) is 13.2. The first-order chi connectivity index (χ1) is 11.7. The number of amides is 1. The molecule has 0 radical (unpaired) electrons. The molecule has 8 heteroatoms. The van der Waals surface area contributed by atoms with Crippen LogP contribution in [-0.2, 0) is 11.2 Å². The number of aromatic nitrogens is 2. The number of halogens is 1. The number of hydrogen-bond donors (Lipinski definition) is 1. The standard InChI is InChI=1S/C16H19FN4O3/c17-13-3-1-12(2-4-13)11-14-19-20-16(24-14)15(22)18-5-6-21-7-9-23-10-8-21/h1-4H,5-11H2,(H,18,22). The fourth-order valence-corrected chi connectivity index (χ4v) is 2.42. The molecule has 128 valence electrons. The SMILES string of the molecule is O=C(NCCN1CCOCC1)c1nnc(Cc2ccc(F)cc2)o1. The van der Waals surface area contributed by atoms with Crippen molar-refractivity contribution in [3.63, 3.8) is 0 Å². The number of nitrogens with zero attached hydrogens (tertiary/aromatic N) is 3. The van der Waals surface area contributed by atoms with E-state index in [0.717, 1.165) is 38.4 Å². The summed E-state index contributed by atoms with van der Waals surface area (Å²) in [4.78, 5) is 14.2. The minimum Gasteiger partial charge on any atom is -0.417 e.